The quantitative estimate of drug-likeness (QED) is 0.327. The van der Waals surface area contributed by atoms with Crippen LogP contribution in [0.1, 0.15) is 25.7 Å². The number of hydrogen-bond acceptors (Lipinski definition) is 3. The van der Waals surface area contributed by atoms with Crippen LogP contribution in [-0.2, 0) is 4.74 Å². The number of nitrogens with zero attached hydrogens (tertiary/aromatic N) is 3. The van der Waals surface area contributed by atoms with Crippen molar-refractivity contribution in [1.82, 2.24) is 0 Å². The van der Waals surface area contributed by atoms with Gasteiger partial charge >= 0.3 is 0 Å². The van der Waals surface area contributed by atoms with Gasteiger partial charge in [0.05, 0.1) is 12.7 Å². The van der Waals surface area contributed by atoms with E-state index in [9.17, 15) is 0 Å². The van der Waals surface area contributed by atoms with E-state index in [2.05, 4.69) is 10.0 Å². The van der Waals surface area contributed by atoms with E-state index in [1.54, 1.807) is 0 Å². The van der Waals surface area contributed by atoms with Crippen molar-refractivity contribution >= 4 is 0 Å². The van der Waals surface area contributed by atoms with Crippen molar-refractivity contribution < 1.29 is 9.47 Å². The summed E-state index contributed by atoms with van der Waals surface area (Å²) in [6, 6.07) is 9.78. The number of ether oxygens (including phenoxy) is 2. The van der Waals surface area contributed by atoms with Gasteiger partial charge in [0.25, 0.3) is 0 Å². The summed E-state index contributed by atoms with van der Waals surface area (Å²) < 4.78 is 11.4. The Balaban J connectivity index is 1.56. The Bertz CT molecular complexity index is 424. The normalized spacial score (nSPS) is 22.0. The molecule has 2 rings (SSSR count). The average Bonchev–Trinajstić information content (AvgIpc) is 2.52. The van der Waals surface area contributed by atoms with E-state index >= 15 is 0 Å². The lowest BCUT2D eigenvalue weighted by atomic mass is 9.87. The van der Waals surface area contributed by atoms with E-state index in [1.807, 2.05) is 30.3 Å². The summed E-state index contributed by atoms with van der Waals surface area (Å²) in [4.78, 5) is 2.82. The van der Waals surface area contributed by atoms with Gasteiger partial charge in [-0.2, -0.15) is 0 Å². The van der Waals surface area contributed by atoms with Gasteiger partial charge in [-0.25, -0.2) is 0 Å². The molecule has 5 nitrogen and oxygen atoms in total. The lowest BCUT2D eigenvalue weighted by molar-refractivity contribution is 0.00498. The average molecular weight is 275 g/mol. The van der Waals surface area contributed by atoms with E-state index < -0.39 is 0 Å². The molecule has 0 heterocycles. The number of rotatable bonds is 7. The van der Waals surface area contributed by atoms with Crippen LogP contribution in [0.5, 0.6) is 5.75 Å². The molecule has 0 aromatic heterocycles. The molecule has 0 radical (unpaired) electrons. The fourth-order valence-corrected chi connectivity index (χ4v) is 2.52. The molecule has 108 valence electrons. The summed E-state index contributed by atoms with van der Waals surface area (Å²) in [5.41, 5.74) is 8.31. The first-order valence-corrected chi connectivity index (χ1v) is 7.19. The molecule has 20 heavy (non-hydrogen) atoms. The maximum absolute atomic E-state index is 8.31. The highest BCUT2D eigenvalue weighted by Gasteiger charge is 2.20. The monoisotopic (exact) mass is 275 g/mol. The van der Waals surface area contributed by atoms with Gasteiger partial charge in [0, 0.05) is 11.5 Å². The zero-order chi connectivity index (χ0) is 14.0. The Morgan fingerprint density at radius 2 is 1.85 bits per heavy atom. The smallest absolute Gasteiger partial charge is 0.119 e. The SMILES string of the molecule is [N-]=[N+]=NCC1CCC(OCCOc2ccccc2)CC1. The molecular weight excluding hydrogens is 254 g/mol. The second-order valence-corrected chi connectivity index (χ2v) is 5.09. The molecular formula is C15H21N3O2. The third kappa shape index (κ3) is 5.11. The Morgan fingerprint density at radius 3 is 2.55 bits per heavy atom. The maximum atomic E-state index is 8.31. The molecule has 1 saturated carbocycles. The highest BCUT2D eigenvalue weighted by Crippen LogP contribution is 2.26. The number of para-hydroxylation sites is 1. The van der Waals surface area contributed by atoms with Crippen molar-refractivity contribution in [3.8, 4) is 5.75 Å². The maximum Gasteiger partial charge on any atom is 0.119 e. The predicted molar refractivity (Wildman–Crippen MR) is 77.6 cm³/mol. The number of hydrogen-bond donors (Lipinski definition) is 0. The van der Waals surface area contributed by atoms with Gasteiger partial charge in [-0.15, -0.1) is 0 Å². The molecule has 0 saturated heterocycles. The highest BCUT2D eigenvalue weighted by molar-refractivity contribution is 5.20. The fraction of sp³-hybridized carbons (Fsp3) is 0.600. The third-order valence-corrected chi connectivity index (χ3v) is 3.65. The zero-order valence-corrected chi connectivity index (χ0v) is 11.6. The van der Waals surface area contributed by atoms with Gasteiger partial charge in [-0.05, 0) is 49.3 Å². The summed E-state index contributed by atoms with van der Waals surface area (Å²) in [6.45, 7) is 1.84. The van der Waals surface area contributed by atoms with Gasteiger partial charge in [-0.1, -0.05) is 23.3 Å². The molecule has 1 aliphatic carbocycles. The molecule has 0 atom stereocenters. The first-order valence-electron chi connectivity index (χ1n) is 7.19. The van der Waals surface area contributed by atoms with Crippen LogP contribution in [0.25, 0.3) is 10.4 Å². The second-order valence-electron chi connectivity index (χ2n) is 5.09. The minimum absolute atomic E-state index is 0.330. The molecule has 0 N–H and O–H groups in total. The van der Waals surface area contributed by atoms with Crippen LogP contribution in [0.3, 0.4) is 0 Å². The summed E-state index contributed by atoms with van der Waals surface area (Å²) in [6.07, 6.45) is 4.61. The molecule has 0 spiro atoms. The van der Waals surface area contributed by atoms with Crippen molar-refractivity contribution in [2.24, 2.45) is 11.0 Å². The Kier molecular flexibility index (Phi) is 6.21. The molecule has 0 amide bonds. The van der Waals surface area contributed by atoms with Crippen LogP contribution in [0.4, 0.5) is 0 Å². The molecule has 1 aromatic rings. The Morgan fingerprint density at radius 1 is 1.10 bits per heavy atom. The van der Waals surface area contributed by atoms with Crippen molar-refractivity contribution in [2.75, 3.05) is 19.8 Å². The summed E-state index contributed by atoms with van der Waals surface area (Å²) >= 11 is 0. The van der Waals surface area contributed by atoms with Gasteiger partial charge < -0.3 is 9.47 Å². The van der Waals surface area contributed by atoms with Crippen LogP contribution >= 0.6 is 0 Å². The second kappa shape index (κ2) is 8.46. The lowest BCUT2D eigenvalue weighted by Crippen LogP contribution is -2.24. The van der Waals surface area contributed by atoms with Crippen LogP contribution in [-0.4, -0.2) is 25.9 Å². The highest BCUT2D eigenvalue weighted by atomic mass is 16.5. The van der Waals surface area contributed by atoms with E-state index in [-0.39, 0.29) is 0 Å². The summed E-state index contributed by atoms with van der Waals surface area (Å²) in [7, 11) is 0. The minimum Gasteiger partial charge on any atom is -0.491 e. The molecule has 1 aliphatic rings. The van der Waals surface area contributed by atoms with Crippen molar-refractivity contribution in [2.45, 2.75) is 31.8 Å². The van der Waals surface area contributed by atoms with E-state index in [4.69, 9.17) is 15.0 Å². The third-order valence-electron chi connectivity index (χ3n) is 3.65. The number of azide groups is 1. The van der Waals surface area contributed by atoms with Gasteiger partial charge in [-0.3, -0.25) is 0 Å². The standard InChI is InChI=1S/C15H21N3O2/c16-18-17-12-13-6-8-15(9-7-13)20-11-10-19-14-4-2-1-3-5-14/h1-5,13,15H,6-12H2. The van der Waals surface area contributed by atoms with E-state index in [1.165, 1.54) is 0 Å². The first kappa shape index (κ1) is 14.7. The Labute approximate surface area is 119 Å². The van der Waals surface area contributed by atoms with Gasteiger partial charge in [0.15, 0.2) is 0 Å². The molecule has 0 bridgehead atoms. The fourth-order valence-electron chi connectivity index (χ4n) is 2.52. The van der Waals surface area contributed by atoms with Crippen molar-refractivity contribution in [1.29, 1.82) is 0 Å². The minimum atomic E-state index is 0.330. The predicted octanol–water partition coefficient (Wildman–Crippen LogP) is 3.95. The van der Waals surface area contributed by atoms with E-state index in [0.29, 0.717) is 31.8 Å². The molecule has 0 unspecified atom stereocenters. The van der Waals surface area contributed by atoms with Crippen molar-refractivity contribution in [3.05, 3.63) is 40.8 Å². The number of benzene rings is 1. The molecule has 1 aromatic carbocycles. The van der Waals surface area contributed by atoms with Gasteiger partial charge in [0.1, 0.15) is 12.4 Å². The largest absolute Gasteiger partial charge is 0.491 e. The van der Waals surface area contributed by atoms with Crippen LogP contribution in [0.2, 0.25) is 0 Å². The molecule has 0 aliphatic heterocycles. The Hall–Kier alpha value is -1.71. The van der Waals surface area contributed by atoms with Crippen molar-refractivity contribution in [3.63, 3.8) is 0 Å². The van der Waals surface area contributed by atoms with E-state index in [0.717, 1.165) is 31.4 Å². The molecule has 1 fully saturated rings. The lowest BCUT2D eigenvalue weighted by Gasteiger charge is -2.27. The van der Waals surface area contributed by atoms with Crippen LogP contribution < -0.4 is 4.74 Å². The van der Waals surface area contributed by atoms with Gasteiger partial charge in [0.2, 0.25) is 0 Å². The topological polar surface area (TPSA) is 67.2 Å². The molecule has 5 heteroatoms. The van der Waals surface area contributed by atoms with Crippen LogP contribution in [0.15, 0.2) is 35.4 Å². The van der Waals surface area contributed by atoms with Crippen LogP contribution in [0, 0.1) is 5.92 Å². The first-order chi connectivity index (χ1) is 9.88. The zero-order valence-electron chi connectivity index (χ0n) is 11.6. The summed E-state index contributed by atoms with van der Waals surface area (Å²) in [5.74, 6) is 1.42. The summed E-state index contributed by atoms with van der Waals surface area (Å²) in [5, 5.41) is 3.65.